The van der Waals surface area contributed by atoms with Crippen molar-refractivity contribution in [2.75, 3.05) is 46.9 Å². The van der Waals surface area contributed by atoms with Crippen LogP contribution in [-0.2, 0) is 4.79 Å². The number of methoxy groups -OCH3 is 1. The Morgan fingerprint density at radius 2 is 2.00 bits per heavy atom. The highest BCUT2D eigenvalue weighted by atomic mass is 35.5. The van der Waals surface area contributed by atoms with Crippen LogP contribution in [0.1, 0.15) is 10.4 Å². The number of likely N-dealkylation sites (N-methyl/N-ethyl adjacent to an activating group) is 1. The molecule has 0 unspecified atom stereocenters. The van der Waals surface area contributed by atoms with Gasteiger partial charge < -0.3 is 19.9 Å². The number of hydrogen-bond donors (Lipinski definition) is 1. The molecule has 1 aliphatic rings. The Morgan fingerprint density at radius 3 is 2.61 bits per heavy atom. The summed E-state index contributed by atoms with van der Waals surface area (Å²) in [5, 5.41) is 3.17. The fourth-order valence-electron chi connectivity index (χ4n) is 2.30. The zero-order chi connectivity index (χ0) is 16.1. The van der Waals surface area contributed by atoms with Crippen LogP contribution >= 0.6 is 12.4 Å². The predicted molar refractivity (Wildman–Crippen MR) is 86.6 cm³/mol. The molecule has 0 bridgehead atoms. The van der Waals surface area contributed by atoms with E-state index in [4.69, 9.17) is 4.74 Å². The lowest BCUT2D eigenvalue weighted by Gasteiger charge is -2.29. The van der Waals surface area contributed by atoms with E-state index in [1.807, 2.05) is 0 Å². The van der Waals surface area contributed by atoms with E-state index in [9.17, 15) is 14.0 Å². The molecule has 0 saturated carbocycles. The van der Waals surface area contributed by atoms with Crippen LogP contribution in [0.4, 0.5) is 4.39 Å². The second-order valence-corrected chi connectivity index (χ2v) is 5.14. The molecule has 1 N–H and O–H groups in total. The molecule has 2 rings (SSSR count). The fraction of sp³-hybridized carbons (Fsp3) is 0.467. The van der Waals surface area contributed by atoms with Crippen LogP contribution in [0.15, 0.2) is 18.2 Å². The van der Waals surface area contributed by atoms with Crippen LogP contribution in [0.5, 0.6) is 5.75 Å². The number of carbonyl (C=O) groups excluding carboxylic acids is 2. The van der Waals surface area contributed by atoms with Gasteiger partial charge in [-0.05, 0) is 18.2 Å². The van der Waals surface area contributed by atoms with Gasteiger partial charge in [-0.3, -0.25) is 9.59 Å². The molecule has 128 valence electrons. The number of hydrogen-bond acceptors (Lipinski definition) is 4. The minimum Gasteiger partial charge on any atom is -0.494 e. The van der Waals surface area contributed by atoms with Crippen LogP contribution in [-0.4, -0.2) is 68.5 Å². The number of carbonyl (C=O) groups is 2. The van der Waals surface area contributed by atoms with Crippen LogP contribution in [0.2, 0.25) is 0 Å². The summed E-state index contributed by atoms with van der Waals surface area (Å²) in [6.07, 6.45) is 0. The summed E-state index contributed by atoms with van der Waals surface area (Å²) < 4.78 is 18.2. The Hall–Kier alpha value is -1.86. The van der Waals surface area contributed by atoms with Crippen molar-refractivity contribution in [3.63, 3.8) is 0 Å². The molecule has 2 amide bonds. The van der Waals surface area contributed by atoms with E-state index in [-0.39, 0.29) is 42.1 Å². The smallest absolute Gasteiger partial charge is 0.254 e. The highest BCUT2D eigenvalue weighted by Crippen LogP contribution is 2.19. The summed E-state index contributed by atoms with van der Waals surface area (Å²) in [6.45, 7) is 2.81. The van der Waals surface area contributed by atoms with Gasteiger partial charge in [0, 0.05) is 38.8 Å². The van der Waals surface area contributed by atoms with E-state index >= 15 is 0 Å². The summed E-state index contributed by atoms with van der Waals surface area (Å²) in [7, 11) is 2.89. The lowest BCUT2D eigenvalue weighted by molar-refractivity contribution is -0.132. The van der Waals surface area contributed by atoms with E-state index in [1.54, 1.807) is 11.9 Å². The van der Waals surface area contributed by atoms with Gasteiger partial charge >= 0.3 is 0 Å². The van der Waals surface area contributed by atoms with Gasteiger partial charge in [0.1, 0.15) is 0 Å². The summed E-state index contributed by atoms with van der Waals surface area (Å²) in [6, 6.07) is 3.90. The highest BCUT2D eigenvalue weighted by molar-refractivity contribution is 5.96. The van der Waals surface area contributed by atoms with Crippen molar-refractivity contribution in [3.05, 3.63) is 29.6 Å². The SMILES string of the molecule is COc1cc(C(=O)N(C)CC(=O)N2CCNCC2)ccc1F.Cl. The summed E-state index contributed by atoms with van der Waals surface area (Å²) in [5.74, 6) is -0.959. The van der Waals surface area contributed by atoms with Gasteiger partial charge in [0.15, 0.2) is 11.6 Å². The molecule has 0 atom stereocenters. The van der Waals surface area contributed by atoms with Crippen molar-refractivity contribution < 1.29 is 18.7 Å². The molecule has 1 aromatic carbocycles. The average molecular weight is 346 g/mol. The Labute approximate surface area is 141 Å². The van der Waals surface area contributed by atoms with E-state index in [1.165, 1.54) is 30.2 Å². The summed E-state index contributed by atoms with van der Waals surface area (Å²) in [5.41, 5.74) is 0.286. The molecule has 6 nitrogen and oxygen atoms in total. The van der Waals surface area contributed by atoms with Crippen LogP contribution in [0.3, 0.4) is 0 Å². The second-order valence-electron chi connectivity index (χ2n) is 5.14. The minimum absolute atomic E-state index is 0. The molecule has 0 radical (unpaired) electrons. The normalized spacial score (nSPS) is 14.0. The van der Waals surface area contributed by atoms with E-state index < -0.39 is 5.82 Å². The van der Waals surface area contributed by atoms with E-state index in [0.29, 0.717) is 13.1 Å². The topological polar surface area (TPSA) is 61.9 Å². The van der Waals surface area contributed by atoms with Crippen molar-refractivity contribution in [3.8, 4) is 5.75 Å². The van der Waals surface area contributed by atoms with E-state index in [0.717, 1.165) is 13.1 Å². The molecule has 1 heterocycles. The van der Waals surface area contributed by atoms with E-state index in [2.05, 4.69) is 5.32 Å². The Bertz CT molecular complexity index is 565. The molecule has 0 spiro atoms. The standard InChI is InChI=1S/C15H20FN3O3.ClH/c1-18(10-14(20)19-7-5-17-6-8-19)15(21)11-3-4-12(16)13(9-11)22-2;/h3-4,9,17H,5-8,10H2,1-2H3;1H. The van der Waals surface area contributed by atoms with Gasteiger partial charge in [-0.2, -0.15) is 0 Å². The number of benzene rings is 1. The number of piperazine rings is 1. The third kappa shape index (κ3) is 4.80. The number of amides is 2. The fourth-order valence-corrected chi connectivity index (χ4v) is 2.30. The first-order valence-electron chi connectivity index (χ1n) is 7.10. The largest absolute Gasteiger partial charge is 0.494 e. The predicted octanol–water partition coefficient (Wildman–Crippen LogP) is 0.760. The maximum absolute atomic E-state index is 13.4. The van der Waals surface area contributed by atoms with Gasteiger partial charge in [-0.25, -0.2) is 4.39 Å². The molecular weight excluding hydrogens is 325 g/mol. The van der Waals surface area contributed by atoms with Crippen molar-refractivity contribution in [1.29, 1.82) is 0 Å². The first kappa shape index (κ1) is 19.2. The van der Waals surface area contributed by atoms with Crippen molar-refractivity contribution in [1.82, 2.24) is 15.1 Å². The molecule has 0 aromatic heterocycles. The highest BCUT2D eigenvalue weighted by Gasteiger charge is 2.21. The lowest BCUT2D eigenvalue weighted by atomic mass is 10.2. The molecule has 0 aliphatic carbocycles. The summed E-state index contributed by atoms with van der Waals surface area (Å²) >= 11 is 0. The Morgan fingerprint density at radius 1 is 1.35 bits per heavy atom. The first-order valence-corrected chi connectivity index (χ1v) is 7.10. The molecule has 1 aliphatic heterocycles. The minimum atomic E-state index is -0.529. The Kier molecular flexibility index (Phi) is 7.25. The van der Waals surface area contributed by atoms with Crippen molar-refractivity contribution in [2.45, 2.75) is 0 Å². The van der Waals surface area contributed by atoms with Gasteiger partial charge in [0.05, 0.1) is 13.7 Å². The molecule has 1 saturated heterocycles. The average Bonchev–Trinajstić information content (AvgIpc) is 2.55. The zero-order valence-electron chi connectivity index (χ0n) is 13.2. The summed E-state index contributed by atoms with van der Waals surface area (Å²) in [4.78, 5) is 27.5. The number of nitrogens with one attached hydrogen (secondary N) is 1. The van der Waals surface area contributed by atoms with Crippen molar-refractivity contribution >= 4 is 24.2 Å². The molecule has 1 aromatic rings. The monoisotopic (exact) mass is 345 g/mol. The van der Waals surface area contributed by atoms with Gasteiger partial charge in [0.2, 0.25) is 5.91 Å². The first-order chi connectivity index (χ1) is 10.5. The van der Waals surface area contributed by atoms with Gasteiger partial charge in [0.25, 0.3) is 5.91 Å². The number of rotatable bonds is 4. The van der Waals surface area contributed by atoms with Gasteiger partial charge in [-0.15, -0.1) is 12.4 Å². The second kappa shape index (κ2) is 8.69. The van der Waals surface area contributed by atoms with Crippen molar-refractivity contribution in [2.24, 2.45) is 0 Å². The maximum Gasteiger partial charge on any atom is 0.254 e. The molecule has 1 fully saturated rings. The molecule has 23 heavy (non-hydrogen) atoms. The zero-order valence-corrected chi connectivity index (χ0v) is 14.0. The molecule has 8 heteroatoms. The number of ether oxygens (including phenoxy) is 1. The number of nitrogens with zero attached hydrogens (tertiary/aromatic N) is 2. The van der Waals surface area contributed by atoms with Crippen LogP contribution < -0.4 is 10.1 Å². The third-order valence-electron chi connectivity index (χ3n) is 3.59. The Balaban J connectivity index is 0.00000264. The van der Waals surface area contributed by atoms with Crippen LogP contribution in [0, 0.1) is 5.82 Å². The quantitative estimate of drug-likeness (QED) is 0.875. The lowest BCUT2D eigenvalue weighted by Crippen LogP contribution is -2.49. The van der Waals surface area contributed by atoms with Crippen LogP contribution in [0.25, 0.3) is 0 Å². The maximum atomic E-state index is 13.4. The third-order valence-corrected chi connectivity index (χ3v) is 3.59. The van der Waals surface area contributed by atoms with Gasteiger partial charge in [-0.1, -0.05) is 0 Å². The molecular formula is C15H21ClFN3O3. The number of halogens is 2.